The first-order valence-electron chi connectivity index (χ1n) is 4.94. The van der Waals surface area contributed by atoms with E-state index in [1.807, 2.05) is 0 Å². The lowest BCUT2D eigenvalue weighted by Gasteiger charge is -2.41. The van der Waals surface area contributed by atoms with Crippen LogP contribution in [-0.4, -0.2) is 49.5 Å². The highest BCUT2D eigenvalue weighted by Gasteiger charge is 2.35. The zero-order valence-corrected chi connectivity index (χ0v) is 9.97. The van der Waals surface area contributed by atoms with Crippen LogP contribution >= 0.6 is 0 Å². The van der Waals surface area contributed by atoms with Crippen molar-refractivity contribution in [3.05, 3.63) is 0 Å². The van der Waals surface area contributed by atoms with Gasteiger partial charge in [0.05, 0.1) is 11.0 Å². The van der Waals surface area contributed by atoms with E-state index in [0.29, 0.717) is 13.1 Å². The quantitative estimate of drug-likeness (QED) is 0.667. The fraction of sp³-hybridized carbons (Fsp3) is 1.00. The average molecular weight is 220 g/mol. The van der Waals surface area contributed by atoms with Crippen LogP contribution in [0.4, 0.5) is 0 Å². The standard InChI is InChI=1S/C9H20N2O2S/c1-9(2,3)11-4-5-14(12,13)8(6-10)7-11/h8H,4-7,10H2,1-3H3. The first kappa shape index (κ1) is 11.9. The third-order valence-corrected chi connectivity index (χ3v) is 4.90. The number of rotatable bonds is 1. The smallest absolute Gasteiger partial charge is 0.156 e. The topological polar surface area (TPSA) is 63.4 Å². The van der Waals surface area contributed by atoms with Crippen LogP contribution in [0.1, 0.15) is 20.8 Å². The van der Waals surface area contributed by atoms with E-state index < -0.39 is 9.84 Å². The van der Waals surface area contributed by atoms with E-state index in [9.17, 15) is 8.42 Å². The summed E-state index contributed by atoms with van der Waals surface area (Å²) in [5.74, 6) is 0.242. The zero-order valence-electron chi connectivity index (χ0n) is 9.16. The summed E-state index contributed by atoms with van der Waals surface area (Å²) in [5, 5.41) is -0.379. The molecule has 0 aromatic carbocycles. The van der Waals surface area contributed by atoms with Gasteiger partial charge in [-0.25, -0.2) is 8.42 Å². The third kappa shape index (κ3) is 2.46. The SMILES string of the molecule is CC(C)(C)N1CCS(=O)(=O)C(CN)C1. The zero-order chi connectivity index (χ0) is 11.0. The van der Waals surface area contributed by atoms with Crippen molar-refractivity contribution >= 4 is 9.84 Å². The second-order valence-corrected chi connectivity index (χ2v) is 7.24. The first-order chi connectivity index (χ1) is 6.27. The highest BCUT2D eigenvalue weighted by atomic mass is 32.2. The fourth-order valence-electron chi connectivity index (χ4n) is 1.69. The summed E-state index contributed by atoms with van der Waals surface area (Å²) in [7, 11) is -2.93. The van der Waals surface area contributed by atoms with Gasteiger partial charge in [-0.1, -0.05) is 0 Å². The van der Waals surface area contributed by atoms with Crippen LogP contribution in [0.15, 0.2) is 0 Å². The Bertz CT molecular complexity index is 292. The molecular weight excluding hydrogens is 200 g/mol. The van der Waals surface area contributed by atoms with Crippen LogP contribution < -0.4 is 5.73 Å². The molecular formula is C9H20N2O2S. The van der Waals surface area contributed by atoms with Crippen molar-refractivity contribution in [1.29, 1.82) is 0 Å². The molecule has 1 aliphatic heterocycles. The van der Waals surface area contributed by atoms with E-state index in [2.05, 4.69) is 25.7 Å². The summed E-state index contributed by atoms with van der Waals surface area (Å²) < 4.78 is 23.2. The molecule has 1 saturated heterocycles. The van der Waals surface area contributed by atoms with E-state index in [1.165, 1.54) is 0 Å². The van der Waals surface area contributed by atoms with E-state index in [4.69, 9.17) is 5.73 Å². The lowest BCUT2D eigenvalue weighted by atomic mass is 10.1. The largest absolute Gasteiger partial charge is 0.329 e. The molecule has 0 aromatic heterocycles. The molecule has 5 heteroatoms. The molecule has 0 bridgehead atoms. The van der Waals surface area contributed by atoms with Crippen molar-refractivity contribution in [3.63, 3.8) is 0 Å². The molecule has 1 unspecified atom stereocenters. The van der Waals surface area contributed by atoms with Crippen LogP contribution in [0.5, 0.6) is 0 Å². The first-order valence-corrected chi connectivity index (χ1v) is 6.65. The van der Waals surface area contributed by atoms with Gasteiger partial charge in [0.1, 0.15) is 0 Å². The van der Waals surface area contributed by atoms with Gasteiger partial charge in [0.2, 0.25) is 0 Å². The number of sulfone groups is 1. The minimum absolute atomic E-state index is 0.0311. The summed E-state index contributed by atoms with van der Waals surface area (Å²) in [6.07, 6.45) is 0. The van der Waals surface area contributed by atoms with Gasteiger partial charge in [0.25, 0.3) is 0 Å². The maximum atomic E-state index is 11.6. The summed E-state index contributed by atoms with van der Waals surface area (Å²) in [6, 6.07) is 0. The number of hydrogen-bond donors (Lipinski definition) is 1. The Morgan fingerprint density at radius 1 is 1.43 bits per heavy atom. The van der Waals surface area contributed by atoms with Gasteiger partial charge in [-0.15, -0.1) is 0 Å². The van der Waals surface area contributed by atoms with Gasteiger partial charge in [0, 0.05) is 25.2 Å². The molecule has 0 spiro atoms. The van der Waals surface area contributed by atoms with Crippen LogP contribution in [0.3, 0.4) is 0 Å². The van der Waals surface area contributed by atoms with E-state index in [1.54, 1.807) is 0 Å². The summed E-state index contributed by atoms with van der Waals surface area (Å²) in [4.78, 5) is 2.19. The summed E-state index contributed by atoms with van der Waals surface area (Å²) >= 11 is 0. The monoisotopic (exact) mass is 220 g/mol. The lowest BCUT2D eigenvalue weighted by Crippen LogP contribution is -2.55. The Morgan fingerprint density at radius 3 is 2.43 bits per heavy atom. The molecule has 4 nitrogen and oxygen atoms in total. The van der Waals surface area contributed by atoms with E-state index in [-0.39, 0.29) is 23.1 Å². The molecule has 1 heterocycles. The predicted molar refractivity (Wildman–Crippen MR) is 58.0 cm³/mol. The molecule has 2 N–H and O–H groups in total. The van der Waals surface area contributed by atoms with E-state index in [0.717, 1.165) is 0 Å². The Kier molecular flexibility index (Phi) is 3.23. The Balaban J connectivity index is 2.77. The lowest BCUT2D eigenvalue weighted by molar-refractivity contribution is 0.139. The average Bonchev–Trinajstić information content (AvgIpc) is 2.01. The van der Waals surface area contributed by atoms with Gasteiger partial charge in [-0.3, -0.25) is 4.90 Å². The number of nitrogens with two attached hydrogens (primary N) is 1. The molecule has 1 aliphatic rings. The fourth-order valence-corrected chi connectivity index (χ4v) is 3.19. The van der Waals surface area contributed by atoms with Crippen molar-refractivity contribution in [2.24, 2.45) is 5.73 Å². The molecule has 0 aliphatic carbocycles. The van der Waals surface area contributed by atoms with Crippen LogP contribution in [0, 0.1) is 0 Å². The second-order valence-electron chi connectivity index (χ2n) is 4.84. The highest BCUT2D eigenvalue weighted by Crippen LogP contribution is 2.20. The van der Waals surface area contributed by atoms with Gasteiger partial charge >= 0.3 is 0 Å². The molecule has 1 rings (SSSR count). The second kappa shape index (κ2) is 3.79. The molecule has 1 fully saturated rings. The van der Waals surface area contributed by atoms with Crippen molar-refractivity contribution in [1.82, 2.24) is 4.90 Å². The minimum Gasteiger partial charge on any atom is -0.329 e. The molecule has 1 atom stereocenters. The van der Waals surface area contributed by atoms with Crippen molar-refractivity contribution in [2.75, 3.05) is 25.4 Å². The van der Waals surface area contributed by atoms with Gasteiger partial charge < -0.3 is 5.73 Å². The maximum Gasteiger partial charge on any atom is 0.156 e. The summed E-state index contributed by atoms with van der Waals surface area (Å²) in [6.45, 7) is 7.72. The minimum atomic E-state index is -2.93. The molecule has 14 heavy (non-hydrogen) atoms. The third-order valence-electron chi connectivity index (χ3n) is 2.79. The highest BCUT2D eigenvalue weighted by molar-refractivity contribution is 7.92. The Hall–Kier alpha value is -0.130. The molecule has 0 amide bonds. The van der Waals surface area contributed by atoms with Crippen LogP contribution in [-0.2, 0) is 9.84 Å². The molecule has 84 valence electrons. The maximum absolute atomic E-state index is 11.6. The van der Waals surface area contributed by atoms with Crippen molar-refractivity contribution < 1.29 is 8.42 Å². The van der Waals surface area contributed by atoms with Crippen molar-refractivity contribution in [3.8, 4) is 0 Å². The normalized spacial score (nSPS) is 29.0. The molecule has 0 aromatic rings. The van der Waals surface area contributed by atoms with Crippen LogP contribution in [0.25, 0.3) is 0 Å². The van der Waals surface area contributed by atoms with Gasteiger partial charge in [0.15, 0.2) is 9.84 Å². The number of nitrogens with zero attached hydrogens (tertiary/aromatic N) is 1. The van der Waals surface area contributed by atoms with E-state index >= 15 is 0 Å². The van der Waals surface area contributed by atoms with Gasteiger partial charge in [-0.2, -0.15) is 0 Å². The Morgan fingerprint density at radius 2 is 2.00 bits per heavy atom. The molecule has 0 radical (unpaired) electrons. The van der Waals surface area contributed by atoms with Crippen molar-refractivity contribution in [2.45, 2.75) is 31.6 Å². The van der Waals surface area contributed by atoms with Crippen LogP contribution in [0.2, 0.25) is 0 Å². The molecule has 0 saturated carbocycles. The summed E-state index contributed by atoms with van der Waals surface area (Å²) in [5.41, 5.74) is 5.51. The number of hydrogen-bond acceptors (Lipinski definition) is 4. The predicted octanol–water partition coefficient (Wildman–Crippen LogP) is -0.157. The van der Waals surface area contributed by atoms with Gasteiger partial charge in [-0.05, 0) is 20.8 Å². The Labute approximate surface area is 86.4 Å².